The first kappa shape index (κ1) is 11.5. The lowest BCUT2D eigenvalue weighted by Gasteiger charge is -2.31. The Hall–Kier alpha value is -0.590. The maximum Gasteiger partial charge on any atom is 0.0624 e. The normalized spacial score (nSPS) is 19.9. The standard InChI is InChI=1S/C11H21N3/c1-13(2)9-10-14-7-4-11(3-6-12)5-8-14/h11H,3-5,7-10H2,1-2H3. The molecule has 1 aliphatic rings. The van der Waals surface area contributed by atoms with E-state index in [-0.39, 0.29) is 0 Å². The van der Waals surface area contributed by atoms with Gasteiger partial charge in [0.2, 0.25) is 0 Å². The predicted molar refractivity (Wildman–Crippen MR) is 57.9 cm³/mol. The maximum absolute atomic E-state index is 8.59. The zero-order valence-electron chi connectivity index (χ0n) is 9.37. The third-order valence-corrected chi connectivity index (χ3v) is 2.95. The van der Waals surface area contributed by atoms with Gasteiger partial charge in [-0.25, -0.2) is 0 Å². The molecular formula is C11H21N3. The number of hydrogen-bond acceptors (Lipinski definition) is 3. The van der Waals surface area contributed by atoms with E-state index >= 15 is 0 Å². The van der Waals surface area contributed by atoms with E-state index < -0.39 is 0 Å². The average molecular weight is 195 g/mol. The number of nitriles is 1. The van der Waals surface area contributed by atoms with E-state index in [1.54, 1.807) is 0 Å². The van der Waals surface area contributed by atoms with Crippen molar-refractivity contribution in [3.8, 4) is 6.07 Å². The fourth-order valence-corrected chi connectivity index (χ4v) is 1.88. The molecule has 3 nitrogen and oxygen atoms in total. The molecule has 0 N–H and O–H groups in total. The summed E-state index contributed by atoms with van der Waals surface area (Å²) in [6, 6.07) is 2.28. The lowest BCUT2D eigenvalue weighted by Crippen LogP contribution is -2.37. The van der Waals surface area contributed by atoms with Crippen LogP contribution in [0.5, 0.6) is 0 Å². The van der Waals surface area contributed by atoms with Crippen molar-refractivity contribution in [1.82, 2.24) is 9.80 Å². The highest BCUT2D eigenvalue weighted by Crippen LogP contribution is 2.19. The van der Waals surface area contributed by atoms with Gasteiger partial charge in [-0.3, -0.25) is 0 Å². The van der Waals surface area contributed by atoms with Crippen LogP contribution in [0.2, 0.25) is 0 Å². The summed E-state index contributed by atoms with van der Waals surface area (Å²) in [5.41, 5.74) is 0. The van der Waals surface area contributed by atoms with Crippen molar-refractivity contribution < 1.29 is 0 Å². The van der Waals surface area contributed by atoms with Crippen LogP contribution in [0, 0.1) is 17.2 Å². The minimum Gasteiger partial charge on any atom is -0.308 e. The molecule has 0 atom stereocenters. The van der Waals surface area contributed by atoms with Crippen LogP contribution in [-0.2, 0) is 0 Å². The molecule has 0 amide bonds. The van der Waals surface area contributed by atoms with Gasteiger partial charge in [0.05, 0.1) is 6.07 Å². The Morgan fingerprint density at radius 3 is 2.50 bits per heavy atom. The first-order valence-corrected chi connectivity index (χ1v) is 5.46. The van der Waals surface area contributed by atoms with Gasteiger partial charge in [-0.15, -0.1) is 0 Å². The Morgan fingerprint density at radius 2 is 2.00 bits per heavy atom. The molecule has 1 rings (SSSR count). The van der Waals surface area contributed by atoms with Gasteiger partial charge < -0.3 is 9.80 Å². The van der Waals surface area contributed by atoms with Gasteiger partial charge >= 0.3 is 0 Å². The number of nitrogens with zero attached hydrogens (tertiary/aromatic N) is 3. The molecule has 1 aliphatic heterocycles. The Bertz CT molecular complexity index is 187. The van der Waals surface area contributed by atoms with Gasteiger partial charge in [-0.1, -0.05) is 0 Å². The molecule has 0 saturated carbocycles. The summed E-state index contributed by atoms with van der Waals surface area (Å²) in [6.45, 7) is 4.68. The van der Waals surface area contributed by atoms with Gasteiger partial charge in [-0.05, 0) is 45.9 Å². The molecule has 0 aliphatic carbocycles. The topological polar surface area (TPSA) is 30.3 Å². The smallest absolute Gasteiger partial charge is 0.0624 e. The van der Waals surface area contributed by atoms with Crippen molar-refractivity contribution in [3.63, 3.8) is 0 Å². The molecule has 1 heterocycles. The molecule has 3 heteroatoms. The van der Waals surface area contributed by atoms with Crippen molar-refractivity contribution in [3.05, 3.63) is 0 Å². The third-order valence-electron chi connectivity index (χ3n) is 2.95. The van der Waals surface area contributed by atoms with E-state index in [2.05, 4.69) is 30.0 Å². The SMILES string of the molecule is CN(C)CCN1CCC(CC#N)CC1. The van der Waals surface area contributed by atoms with Crippen LogP contribution in [0.1, 0.15) is 19.3 Å². The molecule has 0 aromatic carbocycles. The molecule has 0 aromatic heterocycles. The highest BCUT2D eigenvalue weighted by atomic mass is 15.2. The number of rotatable bonds is 4. The van der Waals surface area contributed by atoms with Crippen molar-refractivity contribution in [2.45, 2.75) is 19.3 Å². The van der Waals surface area contributed by atoms with Crippen molar-refractivity contribution in [1.29, 1.82) is 5.26 Å². The van der Waals surface area contributed by atoms with Gasteiger partial charge in [0, 0.05) is 19.5 Å². The molecule has 0 bridgehead atoms. The zero-order valence-corrected chi connectivity index (χ0v) is 9.37. The number of likely N-dealkylation sites (tertiary alicyclic amines) is 1. The molecular weight excluding hydrogens is 174 g/mol. The van der Waals surface area contributed by atoms with E-state index in [1.165, 1.54) is 32.5 Å². The van der Waals surface area contributed by atoms with Crippen LogP contribution < -0.4 is 0 Å². The molecule has 1 saturated heterocycles. The molecule has 0 aromatic rings. The lowest BCUT2D eigenvalue weighted by atomic mass is 9.94. The number of piperidine rings is 1. The second kappa shape index (κ2) is 6.00. The van der Waals surface area contributed by atoms with Gasteiger partial charge in [0.1, 0.15) is 0 Å². The quantitative estimate of drug-likeness (QED) is 0.674. The van der Waals surface area contributed by atoms with Crippen LogP contribution in [-0.4, -0.2) is 50.1 Å². The van der Waals surface area contributed by atoms with Gasteiger partial charge in [0.25, 0.3) is 0 Å². The van der Waals surface area contributed by atoms with Crippen LogP contribution in [0.3, 0.4) is 0 Å². The summed E-state index contributed by atoms with van der Waals surface area (Å²) >= 11 is 0. The maximum atomic E-state index is 8.59. The van der Waals surface area contributed by atoms with E-state index in [0.29, 0.717) is 5.92 Å². The first-order chi connectivity index (χ1) is 6.72. The zero-order chi connectivity index (χ0) is 10.4. The summed E-state index contributed by atoms with van der Waals surface area (Å²) < 4.78 is 0. The first-order valence-electron chi connectivity index (χ1n) is 5.46. The molecule has 1 fully saturated rings. The average Bonchev–Trinajstić information content (AvgIpc) is 2.17. The van der Waals surface area contributed by atoms with Gasteiger partial charge in [-0.2, -0.15) is 5.26 Å². The van der Waals surface area contributed by atoms with Crippen molar-refractivity contribution in [2.24, 2.45) is 5.92 Å². The fourth-order valence-electron chi connectivity index (χ4n) is 1.88. The summed E-state index contributed by atoms with van der Waals surface area (Å²) in [7, 11) is 4.23. The van der Waals surface area contributed by atoms with E-state index in [4.69, 9.17) is 5.26 Å². The second-order valence-corrected chi connectivity index (χ2v) is 4.45. The molecule has 0 unspecified atom stereocenters. The minimum atomic E-state index is 0.663. The molecule has 14 heavy (non-hydrogen) atoms. The summed E-state index contributed by atoms with van der Waals surface area (Å²) in [4.78, 5) is 4.73. The Morgan fingerprint density at radius 1 is 1.36 bits per heavy atom. The summed E-state index contributed by atoms with van der Waals surface area (Å²) in [5, 5.41) is 8.59. The second-order valence-electron chi connectivity index (χ2n) is 4.45. The van der Waals surface area contributed by atoms with E-state index in [1.807, 2.05) is 0 Å². The molecule has 0 spiro atoms. The fraction of sp³-hybridized carbons (Fsp3) is 0.909. The largest absolute Gasteiger partial charge is 0.308 e. The van der Waals surface area contributed by atoms with E-state index in [9.17, 15) is 0 Å². The molecule has 80 valence electrons. The van der Waals surface area contributed by atoms with Crippen LogP contribution in [0.25, 0.3) is 0 Å². The summed E-state index contributed by atoms with van der Waals surface area (Å²) in [5.74, 6) is 0.663. The van der Waals surface area contributed by atoms with Crippen LogP contribution >= 0.6 is 0 Å². The third kappa shape index (κ3) is 4.08. The Balaban J connectivity index is 2.13. The van der Waals surface area contributed by atoms with Gasteiger partial charge in [0.15, 0.2) is 0 Å². The highest BCUT2D eigenvalue weighted by Gasteiger charge is 2.18. The minimum absolute atomic E-state index is 0.663. The van der Waals surface area contributed by atoms with E-state index in [0.717, 1.165) is 13.0 Å². The number of hydrogen-bond donors (Lipinski definition) is 0. The lowest BCUT2D eigenvalue weighted by molar-refractivity contribution is 0.172. The Kier molecular flexibility index (Phi) is 4.92. The van der Waals surface area contributed by atoms with Crippen LogP contribution in [0.15, 0.2) is 0 Å². The van der Waals surface area contributed by atoms with Crippen molar-refractivity contribution >= 4 is 0 Å². The van der Waals surface area contributed by atoms with Crippen molar-refractivity contribution in [2.75, 3.05) is 40.3 Å². The monoisotopic (exact) mass is 195 g/mol. The highest BCUT2D eigenvalue weighted by molar-refractivity contribution is 4.80. The Labute approximate surface area is 87.3 Å². The number of likely N-dealkylation sites (N-methyl/N-ethyl adjacent to an activating group) is 1. The summed E-state index contributed by atoms with van der Waals surface area (Å²) in [6.07, 6.45) is 3.17. The molecule has 0 radical (unpaired) electrons. The predicted octanol–water partition coefficient (Wildman–Crippen LogP) is 1.17. The van der Waals surface area contributed by atoms with Crippen LogP contribution in [0.4, 0.5) is 0 Å².